The molecule has 182 valence electrons. The summed E-state index contributed by atoms with van der Waals surface area (Å²) < 4.78 is 20.6. The SMILES string of the molecule is Cc1nocc1C(=O)NC(c1nc2c(F)c(C3CCNCC3)ccc2[nH]1)C1CCCCCCC1. The molecule has 1 atom stereocenters. The van der Waals surface area contributed by atoms with Gasteiger partial charge in [0.25, 0.3) is 5.91 Å². The van der Waals surface area contributed by atoms with Crippen molar-refractivity contribution < 1.29 is 13.7 Å². The van der Waals surface area contributed by atoms with E-state index in [0.717, 1.165) is 57.2 Å². The van der Waals surface area contributed by atoms with E-state index < -0.39 is 0 Å². The zero-order valence-electron chi connectivity index (χ0n) is 19.8. The van der Waals surface area contributed by atoms with Gasteiger partial charge in [0, 0.05) is 0 Å². The molecule has 7 nitrogen and oxygen atoms in total. The maximum absolute atomic E-state index is 15.6. The zero-order chi connectivity index (χ0) is 23.5. The molecule has 0 spiro atoms. The normalized spacial score (nSPS) is 19.6. The Labute approximate surface area is 199 Å². The minimum absolute atomic E-state index is 0.212. The van der Waals surface area contributed by atoms with Crippen LogP contribution in [-0.4, -0.2) is 34.1 Å². The minimum atomic E-state index is -0.325. The lowest BCUT2D eigenvalue weighted by molar-refractivity contribution is 0.0911. The molecule has 1 unspecified atom stereocenters. The van der Waals surface area contributed by atoms with E-state index in [1.165, 1.54) is 25.5 Å². The average Bonchev–Trinajstić information content (AvgIpc) is 3.45. The summed E-state index contributed by atoms with van der Waals surface area (Å²) in [5.41, 5.74) is 2.77. The Hall–Kier alpha value is -2.74. The molecule has 5 rings (SSSR count). The maximum Gasteiger partial charge on any atom is 0.257 e. The monoisotopic (exact) mass is 467 g/mol. The average molecular weight is 468 g/mol. The number of fused-ring (bicyclic) bond motifs is 1. The predicted molar refractivity (Wildman–Crippen MR) is 128 cm³/mol. The summed E-state index contributed by atoms with van der Waals surface area (Å²) in [5, 5.41) is 10.4. The summed E-state index contributed by atoms with van der Waals surface area (Å²) in [6.07, 6.45) is 11.2. The first-order valence-corrected chi connectivity index (χ1v) is 12.7. The smallest absolute Gasteiger partial charge is 0.257 e. The highest BCUT2D eigenvalue weighted by atomic mass is 19.1. The van der Waals surface area contributed by atoms with Gasteiger partial charge >= 0.3 is 0 Å². The van der Waals surface area contributed by atoms with Gasteiger partial charge in [-0.2, -0.15) is 0 Å². The minimum Gasteiger partial charge on any atom is -0.364 e. The highest BCUT2D eigenvalue weighted by molar-refractivity contribution is 5.95. The number of carbonyl (C=O) groups is 1. The number of rotatable bonds is 5. The summed E-state index contributed by atoms with van der Waals surface area (Å²) in [7, 11) is 0. The van der Waals surface area contributed by atoms with Gasteiger partial charge in [-0.1, -0.05) is 43.3 Å². The van der Waals surface area contributed by atoms with Crippen molar-refractivity contribution in [2.24, 2.45) is 5.92 Å². The number of piperidine rings is 1. The van der Waals surface area contributed by atoms with Crippen molar-refractivity contribution in [2.45, 2.75) is 76.7 Å². The number of imidazole rings is 1. The Balaban J connectivity index is 1.49. The summed E-state index contributed by atoms with van der Waals surface area (Å²) >= 11 is 0. The van der Waals surface area contributed by atoms with E-state index in [1.54, 1.807) is 6.92 Å². The molecule has 1 saturated heterocycles. The van der Waals surface area contributed by atoms with E-state index in [2.05, 4.69) is 20.8 Å². The first kappa shape index (κ1) is 23.0. The third-order valence-corrected chi connectivity index (χ3v) is 7.62. The largest absolute Gasteiger partial charge is 0.364 e. The van der Waals surface area contributed by atoms with Crippen LogP contribution in [0.15, 0.2) is 22.9 Å². The molecular formula is C26H34FN5O2. The third-order valence-electron chi connectivity index (χ3n) is 7.62. The molecule has 1 aromatic carbocycles. The van der Waals surface area contributed by atoms with Gasteiger partial charge in [-0.3, -0.25) is 4.79 Å². The number of aryl methyl sites for hydroxylation is 1. The molecule has 3 N–H and O–H groups in total. The molecule has 1 amide bonds. The van der Waals surface area contributed by atoms with E-state index >= 15 is 4.39 Å². The number of hydrogen-bond acceptors (Lipinski definition) is 5. The van der Waals surface area contributed by atoms with Gasteiger partial charge in [0.05, 0.1) is 17.3 Å². The Morgan fingerprint density at radius 1 is 1.12 bits per heavy atom. The van der Waals surface area contributed by atoms with Crippen molar-refractivity contribution in [3.8, 4) is 0 Å². The molecule has 2 fully saturated rings. The van der Waals surface area contributed by atoms with Gasteiger partial charge in [0.15, 0.2) is 5.82 Å². The lowest BCUT2D eigenvalue weighted by Crippen LogP contribution is -2.35. The van der Waals surface area contributed by atoms with Crippen molar-refractivity contribution in [2.75, 3.05) is 13.1 Å². The lowest BCUT2D eigenvalue weighted by Gasteiger charge is -2.28. The number of nitrogens with zero attached hydrogens (tertiary/aromatic N) is 2. The van der Waals surface area contributed by atoms with Crippen LogP contribution in [0.25, 0.3) is 11.0 Å². The summed E-state index contributed by atoms with van der Waals surface area (Å²) in [6.45, 7) is 3.57. The van der Waals surface area contributed by atoms with Crippen LogP contribution in [0.2, 0.25) is 0 Å². The maximum atomic E-state index is 15.6. The van der Waals surface area contributed by atoms with Crippen LogP contribution in [0.3, 0.4) is 0 Å². The third kappa shape index (κ3) is 4.73. The molecule has 0 bridgehead atoms. The number of carbonyl (C=O) groups excluding carboxylic acids is 1. The number of H-pyrrole nitrogens is 1. The molecule has 3 heterocycles. The fraction of sp³-hybridized carbons (Fsp3) is 0.577. The number of nitrogens with one attached hydrogen (secondary N) is 3. The first-order chi connectivity index (χ1) is 16.6. The fourth-order valence-corrected chi connectivity index (χ4v) is 5.63. The number of benzene rings is 1. The molecule has 0 radical (unpaired) electrons. The van der Waals surface area contributed by atoms with Crippen molar-refractivity contribution in [1.29, 1.82) is 0 Å². The zero-order valence-corrected chi connectivity index (χ0v) is 19.8. The summed E-state index contributed by atoms with van der Waals surface area (Å²) in [5.74, 6) is 0.608. The number of aromatic amines is 1. The Kier molecular flexibility index (Phi) is 6.94. The van der Waals surface area contributed by atoms with E-state index in [9.17, 15) is 4.79 Å². The molecule has 1 aliphatic carbocycles. The number of halogens is 1. The highest BCUT2D eigenvalue weighted by Gasteiger charge is 2.30. The second-order valence-corrected chi connectivity index (χ2v) is 9.88. The second-order valence-electron chi connectivity index (χ2n) is 9.88. The molecule has 2 aromatic heterocycles. The molecule has 1 saturated carbocycles. The van der Waals surface area contributed by atoms with E-state index in [-0.39, 0.29) is 29.6 Å². The summed E-state index contributed by atoms with van der Waals surface area (Å²) in [4.78, 5) is 21.2. The van der Waals surface area contributed by atoms with Gasteiger partial charge in [0.1, 0.15) is 23.2 Å². The summed E-state index contributed by atoms with van der Waals surface area (Å²) in [6, 6.07) is 3.52. The first-order valence-electron chi connectivity index (χ1n) is 12.7. The molecule has 8 heteroatoms. The van der Waals surface area contributed by atoms with Crippen molar-refractivity contribution in [1.82, 2.24) is 25.8 Å². The molecule has 34 heavy (non-hydrogen) atoms. The van der Waals surface area contributed by atoms with Crippen LogP contribution in [0.1, 0.15) is 97.2 Å². The molecular weight excluding hydrogens is 433 g/mol. The number of hydrogen-bond donors (Lipinski definition) is 3. The van der Waals surface area contributed by atoms with Gasteiger partial charge in [-0.15, -0.1) is 0 Å². The molecule has 1 aliphatic heterocycles. The van der Waals surface area contributed by atoms with E-state index in [1.807, 2.05) is 12.1 Å². The van der Waals surface area contributed by atoms with E-state index in [4.69, 9.17) is 9.51 Å². The van der Waals surface area contributed by atoms with Crippen molar-refractivity contribution in [3.05, 3.63) is 46.9 Å². The predicted octanol–water partition coefficient (Wildman–Crippen LogP) is 5.30. The lowest BCUT2D eigenvalue weighted by atomic mass is 9.85. The quantitative estimate of drug-likeness (QED) is 0.473. The van der Waals surface area contributed by atoms with Crippen LogP contribution < -0.4 is 10.6 Å². The van der Waals surface area contributed by atoms with Crippen LogP contribution in [0.5, 0.6) is 0 Å². The number of amides is 1. The van der Waals surface area contributed by atoms with Gasteiger partial charge in [-0.05, 0) is 69.2 Å². The Morgan fingerprint density at radius 2 is 1.85 bits per heavy atom. The highest BCUT2D eigenvalue weighted by Crippen LogP contribution is 2.35. The van der Waals surface area contributed by atoms with Crippen LogP contribution in [0.4, 0.5) is 4.39 Å². The van der Waals surface area contributed by atoms with Crippen LogP contribution in [0, 0.1) is 18.7 Å². The van der Waals surface area contributed by atoms with Crippen LogP contribution in [-0.2, 0) is 0 Å². The van der Waals surface area contributed by atoms with Crippen LogP contribution >= 0.6 is 0 Å². The molecule has 3 aromatic rings. The van der Waals surface area contributed by atoms with Gasteiger partial charge in [-0.25, -0.2) is 9.37 Å². The molecule has 2 aliphatic rings. The van der Waals surface area contributed by atoms with Crippen molar-refractivity contribution in [3.63, 3.8) is 0 Å². The second kappa shape index (κ2) is 10.3. The topological polar surface area (TPSA) is 95.8 Å². The van der Waals surface area contributed by atoms with Gasteiger partial charge in [0.2, 0.25) is 0 Å². The van der Waals surface area contributed by atoms with Gasteiger partial charge < -0.3 is 20.1 Å². The fourth-order valence-electron chi connectivity index (χ4n) is 5.63. The van der Waals surface area contributed by atoms with Crippen molar-refractivity contribution >= 4 is 16.9 Å². The Bertz CT molecular complexity index is 1130. The number of aromatic nitrogens is 3. The Morgan fingerprint density at radius 3 is 2.56 bits per heavy atom. The standard InChI is InChI=1S/C26H34FN5O2/c1-16-20(15-34-32-16)26(33)31-23(18-7-5-3-2-4-6-8-18)25-29-21-10-9-19(22(27)24(21)30-25)17-11-13-28-14-12-17/h9-10,15,17-18,23,28H,2-8,11-14H2,1H3,(H,29,30)(H,31,33). The van der Waals surface area contributed by atoms with E-state index in [0.29, 0.717) is 28.1 Å².